The van der Waals surface area contributed by atoms with E-state index in [2.05, 4.69) is 113 Å². The van der Waals surface area contributed by atoms with Gasteiger partial charge in [0, 0.05) is 39.0 Å². The first kappa shape index (κ1) is 38.1. The molecular formula is C49H52O3S4. The highest BCUT2D eigenvalue weighted by molar-refractivity contribution is 7.24. The summed E-state index contributed by atoms with van der Waals surface area (Å²) in [5.41, 5.74) is 7.51. The average Bonchev–Trinajstić information content (AvgIpc) is 4.07. The fraction of sp³-hybridized carbons (Fsp3) is 0.408. The maximum absolute atomic E-state index is 12.7. The van der Waals surface area contributed by atoms with Gasteiger partial charge in [-0.05, 0) is 119 Å². The third kappa shape index (κ3) is 7.27. The number of hydrogen-bond acceptors (Lipinski definition) is 7. The summed E-state index contributed by atoms with van der Waals surface area (Å²) in [6.45, 7) is 9.25. The van der Waals surface area contributed by atoms with E-state index in [9.17, 15) is 4.79 Å². The first-order valence-electron chi connectivity index (χ1n) is 21.0. The van der Waals surface area contributed by atoms with Crippen molar-refractivity contribution >= 4 is 51.5 Å². The Hall–Kier alpha value is -3.49. The van der Waals surface area contributed by atoms with Crippen LogP contribution in [0.15, 0.2) is 84.9 Å². The molecule has 3 aliphatic carbocycles. The zero-order chi connectivity index (χ0) is 38.3. The van der Waals surface area contributed by atoms with Crippen molar-refractivity contribution in [2.75, 3.05) is 0 Å². The Bertz CT molecular complexity index is 2160. The number of carbonyl (C=O) groups is 1. The van der Waals surface area contributed by atoms with E-state index in [4.69, 9.17) is 9.47 Å². The third-order valence-corrected chi connectivity index (χ3v) is 17.5. The zero-order valence-corrected chi connectivity index (χ0v) is 36.2. The average molecular weight is 817 g/mol. The molecule has 0 radical (unpaired) electrons. The van der Waals surface area contributed by atoms with Crippen LogP contribution in [-0.4, -0.2) is 18.4 Å². The summed E-state index contributed by atoms with van der Waals surface area (Å²) in [6, 6.07) is 32.4. The van der Waals surface area contributed by atoms with Crippen LogP contribution in [0.25, 0.3) is 40.4 Å². The molecule has 290 valence electrons. The molecule has 0 N–H and O–H groups in total. The van der Waals surface area contributed by atoms with Gasteiger partial charge in [0.15, 0.2) is 12.2 Å². The van der Waals surface area contributed by atoms with Crippen LogP contribution >= 0.6 is 45.3 Å². The Morgan fingerprint density at radius 3 is 1.34 bits per heavy atom. The second kappa shape index (κ2) is 16.4. The summed E-state index contributed by atoms with van der Waals surface area (Å²) < 4.78 is 11.9. The summed E-state index contributed by atoms with van der Waals surface area (Å²) >= 11 is 7.68. The van der Waals surface area contributed by atoms with Gasteiger partial charge in [-0.2, -0.15) is 0 Å². The van der Waals surface area contributed by atoms with Crippen LogP contribution < -0.4 is 0 Å². The summed E-state index contributed by atoms with van der Waals surface area (Å²) in [6.07, 6.45) is 11.6. The van der Waals surface area contributed by atoms with Crippen LogP contribution in [0.5, 0.6) is 0 Å². The molecule has 6 unspecified atom stereocenters. The lowest BCUT2D eigenvalue weighted by Crippen LogP contribution is -2.45. The lowest BCUT2D eigenvalue weighted by Gasteiger charge is -2.45. The second-order valence-corrected chi connectivity index (χ2v) is 20.7. The third-order valence-electron chi connectivity index (χ3n) is 12.6. The minimum Gasteiger partial charge on any atom is -0.426 e. The van der Waals surface area contributed by atoms with Crippen LogP contribution in [0.2, 0.25) is 0 Å². The first-order chi connectivity index (χ1) is 27.4. The van der Waals surface area contributed by atoms with Crippen molar-refractivity contribution in [3.05, 3.63) is 117 Å². The van der Waals surface area contributed by atoms with Crippen molar-refractivity contribution in [3.8, 4) is 40.4 Å². The van der Waals surface area contributed by atoms with Gasteiger partial charge >= 0.3 is 6.16 Å². The standard InChI is InChI=1S/C49H52O3S4/c1-5-9-11-29(7-3)25-33-15-19-41(53-33)43-23-21-39(55-43)31-13-17-35-37(27-31)45-36-18-14-32(28-38(36)46(35)48-47(45)51-49(50)52-48)40-22-24-44(56-40)42-20-16-34(54-42)26-30(8-4)12-10-6-2/h13-24,27-30,45-48H,5-12,25-26H2,1-4H3. The number of ether oxygens (including phenoxy) is 2. The van der Waals surface area contributed by atoms with E-state index in [0.717, 1.165) is 11.8 Å². The molecule has 4 aromatic heterocycles. The van der Waals surface area contributed by atoms with Crippen molar-refractivity contribution in [1.82, 2.24) is 0 Å². The maximum Gasteiger partial charge on any atom is 0.509 e. The Morgan fingerprint density at radius 1 is 0.500 bits per heavy atom. The number of benzene rings is 2. The van der Waals surface area contributed by atoms with Crippen LogP contribution in [0.3, 0.4) is 0 Å². The number of hydrogen-bond donors (Lipinski definition) is 0. The molecule has 4 aliphatic rings. The predicted octanol–water partition coefficient (Wildman–Crippen LogP) is 15.6. The van der Waals surface area contributed by atoms with Gasteiger partial charge in [0.25, 0.3) is 0 Å². The minimum atomic E-state index is -0.543. The molecule has 0 spiro atoms. The van der Waals surface area contributed by atoms with Gasteiger partial charge in [-0.1, -0.05) is 103 Å². The van der Waals surface area contributed by atoms with E-state index in [1.807, 2.05) is 45.3 Å². The second-order valence-electron chi connectivity index (χ2n) is 16.2. The minimum absolute atomic E-state index is 0.0540. The lowest BCUT2D eigenvalue weighted by atomic mass is 9.60. The Balaban J connectivity index is 0.967. The van der Waals surface area contributed by atoms with Crippen LogP contribution in [0.4, 0.5) is 4.79 Å². The highest BCUT2D eigenvalue weighted by Gasteiger charge is 2.57. The van der Waals surface area contributed by atoms with E-state index in [-0.39, 0.29) is 24.0 Å². The Morgan fingerprint density at radius 2 is 0.911 bits per heavy atom. The van der Waals surface area contributed by atoms with Gasteiger partial charge in [-0.15, -0.1) is 45.3 Å². The largest absolute Gasteiger partial charge is 0.509 e. The highest BCUT2D eigenvalue weighted by atomic mass is 32.1. The highest BCUT2D eigenvalue weighted by Crippen LogP contribution is 2.58. The van der Waals surface area contributed by atoms with Crippen molar-refractivity contribution in [2.45, 2.75) is 116 Å². The molecule has 1 fully saturated rings. The number of thiophene rings is 4. The Kier molecular flexibility index (Phi) is 11.1. The van der Waals surface area contributed by atoms with Gasteiger partial charge in [0.2, 0.25) is 0 Å². The van der Waals surface area contributed by atoms with Gasteiger partial charge in [0.1, 0.15) is 0 Å². The summed E-state index contributed by atoms with van der Waals surface area (Å²) in [5.74, 6) is 1.45. The topological polar surface area (TPSA) is 35.5 Å². The normalized spacial score (nSPS) is 20.3. The fourth-order valence-corrected chi connectivity index (χ4v) is 13.9. The molecule has 5 heterocycles. The van der Waals surface area contributed by atoms with Crippen molar-refractivity contribution < 1.29 is 14.3 Å². The molecule has 3 nitrogen and oxygen atoms in total. The van der Waals surface area contributed by atoms with Gasteiger partial charge in [0.05, 0.1) is 11.8 Å². The van der Waals surface area contributed by atoms with E-state index >= 15 is 0 Å². The molecule has 56 heavy (non-hydrogen) atoms. The molecule has 2 aromatic carbocycles. The molecule has 2 bridgehead atoms. The molecule has 6 atom stereocenters. The van der Waals surface area contributed by atoms with E-state index in [0.29, 0.717) is 0 Å². The maximum atomic E-state index is 12.7. The summed E-state index contributed by atoms with van der Waals surface area (Å²) in [4.78, 5) is 23.6. The number of unbranched alkanes of at least 4 members (excludes halogenated alkanes) is 2. The van der Waals surface area contributed by atoms with Crippen molar-refractivity contribution in [3.63, 3.8) is 0 Å². The monoisotopic (exact) mass is 816 g/mol. The summed E-state index contributed by atoms with van der Waals surface area (Å²) in [7, 11) is 0. The van der Waals surface area contributed by atoms with Crippen LogP contribution in [0.1, 0.15) is 123 Å². The molecule has 1 saturated heterocycles. The molecule has 0 amide bonds. The first-order valence-corrected chi connectivity index (χ1v) is 24.2. The van der Waals surface area contributed by atoms with Gasteiger partial charge < -0.3 is 9.47 Å². The molecule has 0 saturated carbocycles. The zero-order valence-electron chi connectivity index (χ0n) is 33.0. The number of carbonyl (C=O) groups excluding carboxylic acids is 1. The van der Waals surface area contributed by atoms with Crippen molar-refractivity contribution in [1.29, 1.82) is 0 Å². The Labute approximate surface area is 348 Å². The lowest BCUT2D eigenvalue weighted by molar-refractivity contribution is 0.103. The SMILES string of the molecule is CCCCC(CC)Cc1ccc(-c2ccc(-c3ccc4c(c3)C3c5ccc(-c6ccc(-c7ccc(CC(CC)CCCC)s7)s6)cc5C4C4OC(=O)OC34)s2)s1. The van der Waals surface area contributed by atoms with E-state index < -0.39 is 6.16 Å². The molecular weight excluding hydrogens is 765 g/mol. The fourth-order valence-electron chi connectivity index (χ4n) is 9.45. The van der Waals surface area contributed by atoms with E-state index in [1.54, 1.807) is 0 Å². The summed E-state index contributed by atoms with van der Waals surface area (Å²) in [5, 5.41) is 0. The quantitative estimate of drug-likeness (QED) is 0.0913. The smallest absolute Gasteiger partial charge is 0.426 e. The van der Waals surface area contributed by atoms with Gasteiger partial charge in [-0.25, -0.2) is 4.79 Å². The van der Waals surface area contributed by atoms with Crippen LogP contribution in [-0.2, 0) is 22.3 Å². The molecule has 10 rings (SSSR count). The van der Waals surface area contributed by atoms with Crippen LogP contribution in [0, 0.1) is 11.8 Å². The van der Waals surface area contributed by atoms with Gasteiger partial charge in [-0.3, -0.25) is 0 Å². The number of rotatable bonds is 16. The van der Waals surface area contributed by atoms with Crippen molar-refractivity contribution in [2.24, 2.45) is 11.8 Å². The molecule has 7 heteroatoms. The van der Waals surface area contributed by atoms with E-state index in [1.165, 1.54) is 137 Å². The molecule has 1 aliphatic heterocycles. The molecule has 6 aromatic rings. The predicted molar refractivity (Wildman–Crippen MR) is 239 cm³/mol.